The standard InChI is InChI=1S/C19H18N2O5/c1-3-26-15-11-9-13(10-12-15)17(22)16(18(23)19(24)25-2)21-20-14-7-5-4-6-8-14/h4-12,16H,3H2,1-2H3. The third kappa shape index (κ3) is 4.83. The summed E-state index contributed by atoms with van der Waals surface area (Å²) in [4.78, 5) is 36.5. The van der Waals surface area contributed by atoms with Crippen molar-refractivity contribution in [3.8, 4) is 5.75 Å². The summed E-state index contributed by atoms with van der Waals surface area (Å²) >= 11 is 0. The molecule has 0 fully saturated rings. The number of azo groups is 1. The lowest BCUT2D eigenvalue weighted by Gasteiger charge is -2.09. The Morgan fingerprint density at radius 2 is 1.65 bits per heavy atom. The van der Waals surface area contributed by atoms with Crippen LogP contribution in [0.5, 0.6) is 5.75 Å². The molecule has 2 aromatic carbocycles. The van der Waals surface area contributed by atoms with Crippen LogP contribution in [0.25, 0.3) is 0 Å². The van der Waals surface area contributed by atoms with Crippen molar-refractivity contribution in [2.75, 3.05) is 13.7 Å². The van der Waals surface area contributed by atoms with Crippen molar-refractivity contribution in [1.82, 2.24) is 0 Å². The van der Waals surface area contributed by atoms with Gasteiger partial charge in [0.15, 0.2) is 5.78 Å². The summed E-state index contributed by atoms with van der Waals surface area (Å²) in [6, 6.07) is 13.2. The average molecular weight is 354 g/mol. The van der Waals surface area contributed by atoms with Crippen LogP contribution in [0.1, 0.15) is 17.3 Å². The predicted octanol–water partition coefficient (Wildman–Crippen LogP) is 3.16. The van der Waals surface area contributed by atoms with Crippen LogP contribution in [0.3, 0.4) is 0 Å². The second-order valence-electron chi connectivity index (χ2n) is 5.13. The van der Waals surface area contributed by atoms with E-state index in [1.165, 1.54) is 12.1 Å². The molecule has 1 unspecified atom stereocenters. The van der Waals surface area contributed by atoms with Gasteiger partial charge in [0.25, 0.3) is 5.78 Å². The highest BCUT2D eigenvalue weighted by Crippen LogP contribution is 2.17. The fourth-order valence-corrected chi connectivity index (χ4v) is 2.10. The van der Waals surface area contributed by atoms with Crippen molar-refractivity contribution in [2.24, 2.45) is 10.2 Å². The number of carbonyl (C=O) groups is 3. The summed E-state index contributed by atoms with van der Waals surface area (Å²) in [5.41, 5.74) is 0.664. The van der Waals surface area contributed by atoms with E-state index < -0.39 is 23.6 Å². The number of rotatable bonds is 8. The fraction of sp³-hybridized carbons (Fsp3) is 0.211. The summed E-state index contributed by atoms with van der Waals surface area (Å²) in [5, 5.41) is 7.68. The zero-order chi connectivity index (χ0) is 18.9. The molecule has 2 rings (SSSR count). The van der Waals surface area contributed by atoms with E-state index in [0.29, 0.717) is 18.0 Å². The van der Waals surface area contributed by atoms with Crippen molar-refractivity contribution in [3.63, 3.8) is 0 Å². The number of methoxy groups -OCH3 is 1. The number of nitrogens with zero attached hydrogens (tertiary/aromatic N) is 2. The van der Waals surface area contributed by atoms with Crippen LogP contribution >= 0.6 is 0 Å². The van der Waals surface area contributed by atoms with Crippen LogP contribution in [0.2, 0.25) is 0 Å². The third-order valence-electron chi connectivity index (χ3n) is 3.38. The molecule has 0 amide bonds. The molecule has 0 N–H and O–H groups in total. The number of esters is 1. The summed E-state index contributed by atoms with van der Waals surface area (Å²) in [6.07, 6.45) is 0. The van der Waals surface area contributed by atoms with Gasteiger partial charge in [0.05, 0.1) is 19.4 Å². The molecule has 0 aliphatic heterocycles. The molecule has 1 atom stereocenters. The van der Waals surface area contributed by atoms with E-state index in [4.69, 9.17) is 4.74 Å². The first-order chi connectivity index (χ1) is 12.6. The topological polar surface area (TPSA) is 94.4 Å². The molecule has 0 bridgehead atoms. The molecule has 0 radical (unpaired) electrons. The van der Waals surface area contributed by atoms with E-state index in [0.717, 1.165) is 7.11 Å². The summed E-state index contributed by atoms with van der Waals surface area (Å²) in [6.45, 7) is 2.33. The maximum Gasteiger partial charge on any atom is 0.377 e. The predicted molar refractivity (Wildman–Crippen MR) is 93.7 cm³/mol. The molecule has 0 aliphatic carbocycles. The van der Waals surface area contributed by atoms with Gasteiger partial charge in [0, 0.05) is 5.56 Å². The van der Waals surface area contributed by atoms with Gasteiger partial charge in [-0.3, -0.25) is 9.59 Å². The molecule has 0 aliphatic rings. The smallest absolute Gasteiger partial charge is 0.377 e. The molecule has 134 valence electrons. The number of ether oxygens (including phenoxy) is 2. The zero-order valence-electron chi connectivity index (χ0n) is 14.4. The fourth-order valence-electron chi connectivity index (χ4n) is 2.10. The molecule has 0 saturated carbocycles. The second kappa shape index (κ2) is 9.22. The number of Topliss-reactive ketones (excluding diaryl/α,β-unsaturated/α-hetero) is 2. The second-order valence-corrected chi connectivity index (χ2v) is 5.13. The molecular formula is C19H18N2O5. The molecule has 0 aromatic heterocycles. The van der Waals surface area contributed by atoms with Crippen molar-refractivity contribution >= 4 is 23.2 Å². The van der Waals surface area contributed by atoms with Crippen LogP contribution < -0.4 is 4.74 Å². The summed E-state index contributed by atoms with van der Waals surface area (Å²) < 4.78 is 9.73. The Labute approximate surface area is 150 Å². The summed E-state index contributed by atoms with van der Waals surface area (Å²) in [7, 11) is 1.06. The Bertz CT molecular complexity index is 800. The molecule has 0 heterocycles. The highest BCUT2D eigenvalue weighted by atomic mass is 16.5. The van der Waals surface area contributed by atoms with Crippen LogP contribution in [-0.2, 0) is 14.3 Å². The first-order valence-electron chi connectivity index (χ1n) is 7.92. The summed E-state index contributed by atoms with van der Waals surface area (Å²) in [5.74, 6) is -2.29. The van der Waals surface area contributed by atoms with E-state index in [1.54, 1.807) is 42.5 Å². The van der Waals surface area contributed by atoms with Gasteiger partial charge in [-0.15, -0.1) is 0 Å². The lowest BCUT2D eigenvalue weighted by atomic mass is 10.0. The minimum atomic E-state index is -1.61. The maximum absolute atomic E-state index is 12.7. The van der Waals surface area contributed by atoms with E-state index >= 15 is 0 Å². The van der Waals surface area contributed by atoms with Gasteiger partial charge in [0.1, 0.15) is 5.75 Å². The van der Waals surface area contributed by atoms with Gasteiger partial charge in [-0.25, -0.2) is 4.79 Å². The van der Waals surface area contributed by atoms with Crippen LogP contribution in [-0.4, -0.2) is 37.3 Å². The molecule has 7 nitrogen and oxygen atoms in total. The highest BCUT2D eigenvalue weighted by molar-refractivity contribution is 6.41. The Hall–Kier alpha value is -3.35. The van der Waals surface area contributed by atoms with Crippen molar-refractivity contribution in [1.29, 1.82) is 0 Å². The van der Waals surface area contributed by atoms with Gasteiger partial charge in [0.2, 0.25) is 6.04 Å². The molecule has 0 saturated heterocycles. The van der Waals surface area contributed by atoms with E-state index in [9.17, 15) is 14.4 Å². The van der Waals surface area contributed by atoms with E-state index in [-0.39, 0.29) is 5.56 Å². The quantitative estimate of drug-likeness (QED) is 0.239. The minimum absolute atomic E-state index is 0.211. The Morgan fingerprint density at radius 3 is 2.23 bits per heavy atom. The number of benzene rings is 2. The largest absolute Gasteiger partial charge is 0.494 e. The molecule has 26 heavy (non-hydrogen) atoms. The maximum atomic E-state index is 12.7. The number of hydrogen-bond donors (Lipinski definition) is 0. The lowest BCUT2D eigenvalue weighted by Crippen LogP contribution is -2.34. The Morgan fingerprint density at radius 1 is 1.00 bits per heavy atom. The number of ketones is 2. The van der Waals surface area contributed by atoms with Crippen molar-refractivity contribution in [3.05, 3.63) is 60.2 Å². The van der Waals surface area contributed by atoms with Crippen LogP contribution in [0.15, 0.2) is 64.8 Å². The van der Waals surface area contributed by atoms with Crippen LogP contribution in [0, 0.1) is 0 Å². The van der Waals surface area contributed by atoms with Gasteiger partial charge in [-0.1, -0.05) is 18.2 Å². The van der Waals surface area contributed by atoms with Crippen LogP contribution in [0.4, 0.5) is 5.69 Å². The highest BCUT2D eigenvalue weighted by Gasteiger charge is 2.33. The molecular weight excluding hydrogens is 336 g/mol. The first-order valence-corrected chi connectivity index (χ1v) is 7.92. The SMILES string of the molecule is CCOc1ccc(C(=O)C(N=Nc2ccccc2)C(=O)C(=O)OC)cc1. The minimum Gasteiger partial charge on any atom is -0.494 e. The monoisotopic (exact) mass is 354 g/mol. The van der Waals surface area contributed by atoms with Gasteiger partial charge >= 0.3 is 5.97 Å². The Balaban J connectivity index is 2.30. The van der Waals surface area contributed by atoms with Gasteiger partial charge in [-0.05, 0) is 43.3 Å². The molecule has 2 aromatic rings. The van der Waals surface area contributed by atoms with Gasteiger partial charge in [-0.2, -0.15) is 10.2 Å². The van der Waals surface area contributed by atoms with E-state index in [2.05, 4.69) is 15.0 Å². The first kappa shape index (κ1) is 19.0. The van der Waals surface area contributed by atoms with Crippen molar-refractivity contribution in [2.45, 2.75) is 13.0 Å². The Kier molecular flexibility index (Phi) is 6.73. The normalized spacial score (nSPS) is 11.8. The van der Waals surface area contributed by atoms with E-state index in [1.807, 2.05) is 6.92 Å². The van der Waals surface area contributed by atoms with Crippen molar-refractivity contribution < 1.29 is 23.9 Å². The molecule has 7 heteroatoms. The lowest BCUT2D eigenvalue weighted by molar-refractivity contribution is -0.151. The third-order valence-corrected chi connectivity index (χ3v) is 3.38. The number of hydrogen-bond acceptors (Lipinski definition) is 7. The van der Waals surface area contributed by atoms with Gasteiger partial charge < -0.3 is 9.47 Å². The molecule has 0 spiro atoms. The number of carbonyl (C=O) groups excluding carboxylic acids is 3. The average Bonchev–Trinajstić information content (AvgIpc) is 2.68. The zero-order valence-corrected chi connectivity index (χ0v) is 14.4.